The SMILES string of the molecule is NC(=O)C1CCC1.O=CO. The highest BCUT2D eigenvalue weighted by Gasteiger charge is 2.21. The second kappa shape index (κ2) is 4.78. The number of amides is 1. The zero-order chi connectivity index (χ0) is 7.98. The van der Waals surface area contributed by atoms with Crippen molar-refractivity contribution in [3.05, 3.63) is 0 Å². The predicted molar refractivity (Wildman–Crippen MR) is 35.2 cm³/mol. The first-order chi connectivity index (χ1) is 4.72. The van der Waals surface area contributed by atoms with Crippen LogP contribution in [0.25, 0.3) is 0 Å². The van der Waals surface area contributed by atoms with Gasteiger partial charge in [-0.2, -0.15) is 0 Å². The molecular weight excluding hydrogens is 134 g/mol. The minimum absolute atomic E-state index is 0.119. The van der Waals surface area contributed by atoms with Gasteiger partial charge in [-0.3, -0.25) is 9.59 Å². The second-order valence-electron chi connectivity index (χ2n) is 2.14. The number of nitrogens with two attached hydrogens (primary N) is 1. The van der Waals surface area contributed by atoms with Crippen LogP contribution in [0.4, 0.5) is 0 Å². The molecule has 3 N–H and O–H groups in total. The van der Waals surface area contributed by atoms with Gasteiger partial charge in [0, 0.05) is 5.92 Å². The van der Waals surface area contributed by atoms with E-state index in [-0.39, 0.29) is 18.3 Å². The Bertz CT molecular complexity index is 120. The average Bonchev–Trinajstić information content (AvgIpc) is 1.59. The smallest absolute Gasteiger partial charge is 0.290 e. The molecule has 0 radical (unpaired) electrons. The molecule has 0 aromatic rings. The van der Waals surface area contributed by atoms with E-state index < -0.39 is 0 Å². The van der Waals surface area contributed by atoms with Gasteiger partial charge in [-0.1, -0.05) is 6.42 Å². The molecule has 1 amide bonds. The van der Waals surface area contributed by atoms with Crippen LogP contribution in [0.2, 0.25) is 0 Å². The van der Waals surface area contributed by atoms with Crippen molar-refractivity contribution < 1.29 is 14.7 Å². The molecule has 1 aliphatic rings. The van der Waals surface area contributed by atoms with E-state index in [1.807, 2.05) is 0 Å². The summed E-state index contributed by atoms with van der Waals surface area (Å²) in [6.07, 6.45) is 3.23. The van der Waals surface area contributed by atoms with Gasteiger partial charge in [-0.15, -0.1) is 0 Å². The van der Waals surface area contributed by atoms with Crippen LogP contribution >= 0.6 is 0 Å². The van der Waals surface area contributed by atoms with Gasteiger partial charge < -0.3 is 10.8 Å². The van der Waals surface area contributed by atoms with Crippen molar-refractivity contribution in [1.82, 2.24) is 0 Å². The lowest BCUT2D eigenvalue weighted by Crippen LogP contribution is -2.28. The lowest BCUT2D eigenvalue weighted by atomic mass is 9.85. The summed E-state index contributed by atoms with van der Waals surface area (Å²) >= 11 is 0. The van der Waals surface area contributed by atoms with Crippen molar-refractivity contribution >= 4 is 12.4 Å². The molecular formula is C6H11NO3. The molecule has 0 atom stereocenters. The Morgan fingerprint density at radius 2 is 2.00 bits per heavy atom. The van der Waals surface area contributed by atoms with Crippen LogP contribution in [0.1, 0.15) is 19.3 Å². The predicted octanol–water partition coefficient (Wildman–Crippen LogP) is -0.0274. The van der Waals surface area contributed by atoms with Crippen LogP contribution in [0, 0.1) is 5.92 Å². The first-order valence-corrected chi connectivity index (χ1v) is 3.09. The quantitative estimate of drug-likeness (QED) is 0.508. The highest BCUT2D eigenvalue weighted by atomic mass is 16.3. The molecule has 1 aliphatic carbocycles. The maximum atomic E-state index is 10.2. The zero-order valence-electron chi connectivity index (χ0n) is 5.62. The van der Waals surface area contributed by atoms with Crippen LogP contribution in [0.3, 0.4) is 0 Å². The Morgan fingerprint density at radius 1 is 1.60 bits per heavy atom. The molecule has 0 unspecified atom stereocenters. The minimum atomic E-state index is -0.250. The minimum Gasteiger partial charge on any atom is -0.483 e. The Labute approximate surface area is 59.0 Å². The molecule has 0 heterocycles. The molecule has 58 valence electrons. The zero-order valence-corrected chi connectivity index (χ0v) is 5.62. The molecule has 0 bridgehead atoms. The van der Waals surface area contributed by atoms with E-state index in [4.69, 9.17) is 15.6 Å². The number of rotatable bonds is 1. The summed E-state index contributed by atoms with van der Waals surface area (Å²) in [5, 5.41) is 6.89. The normalized spacial score (nSPS) is 16.0. The fourth-order valence-corrected chi connectivity index (χ4v) is 0.693. The lowest BCUT2D eigenvalue weighted by Gasteiger charge is -2.20. The molecule has 10 heavy (non-hydrogen) atoms. The first-order valence-electron chi connectivity index (χ1n) is 3.09. The molecule has 0 aromatic carbocycles. The van der Waals surface area contributed by atoms with Crippen LogP contribution in [-0.4, -0.2) is 17.5 Å². The van der Waals surface area contributed by atoms with E-state index >= 15 is 0 Å². The van der Waals surface area contributed by atoms with Crippen LogP contribution in [0.15, 0.2) is 0 Å². The molecule has 0 aromatic heterocycles. The van der Waals surface area contributed by atoms with Crippen molar-refractivity contribution in [2.75, 3.05) is 0 Å². The van der Waals surface area contributed by atoms with Crippen LogP contribution < -0.4 is 5.73 Å². The van der Waals surface area contributed by atoms with E-state index in [0.29, 0.717) is 0 Å². The Morgan fingerprint density at radius 3 is 2.00 bits per heavy atom. The summed E-state index contributed by atoms with van der Waals surface area (Å²) in [6.45, 7) is -0.250. The average molecular weight is 145 g/mol. The molecule has 1 fully saturated rings. The number of hydrogen-bond acceptors (Lipinski definition) is 2. The van der Waals surface area contributed by atoms with Crippen molar-refractivity contribution in [3.8, 4) is 0 Å². The van der Waals surface area contributed by atoms with E-state index in [0.717, 1.165) is 12.8 Å². The first kappa shape index (κ1) is 8.94. The summed E-state index contributed by atoms with van der Waals surface area (Å²) in [7, 11) is 0. The monoisotopic (exact) mass is 145 g/mol. The molecule has 4 nitrogen and oxygen atoms in total. The number of carbonyl (C=O) groups excluding carboxylic acids is 1. The van der Waals surface area contributed by atoms with Gasteiger partial charge in [0.15, 0.2) is 0 Å². The van der Waals surface area contributed by atoms with Crippen molar-refractivity contribution in [1.29, 1.82) is 0 Å². The van der Waals surface area contributed by atoms with Crippen molar-refractivity contribution in [3.63, 3.8) is 0 Å². The van der Waals surface area contributed by atoms with Gasteiger partial charge in [-0.25, -0.2) is 0 Å². The Balaban J connectivity index is 0.000000236. The largest absolute Gasteiger partial charge is 0.483 e. The highest BCUT2D eigenvalue weighted by Crippen LogP contribution is 2.25. The third-order valence-corrected chi connectivity index (χ3v) is 1.51. The van der Waals surface area contributed by atoms with Crippen molar-refractivity contribution in [2.24, 2.45) is 11.7 Å². The number of hydrogen-bond donors (Lipinski definition) is 2. The van der Waals surface area contributed by atoms with E-state index in [9.17, 15) is 4.79 Å². The van der Waals surface area contributed by atoms with E-state index in [1.54, 1.807) is 0 Å². The fourth-order valence-electron chi connectivity index (χ4n) is 0.693. The molecule has 1 saturated carbocycles. The third kappa shape index (κ3) is 3.06. The van der Waals surface area contributed by atoms with Crippen LogP contribution in [0.5, 0.6) is 0 Å². The number of carbonyl (C=O) groups is 2. The van der Waals surface area contributed by atoms with E-state index in [2.05, 4.69) is 0 Å². The maximum absolute atomic E-state index is 10.2. The van der Waals surface area contributed by atoms with Gasteiger partial charge >= 0.3 is 0 Å². The van der Waals surface area contributed by atoms with E-state index in [1.165, 1.54) is 6.42 Å². The van der Waals surface area contributed by atoms with Gasteiger partial charge in [-0.05, 0) is 12.8 Å². The summed E-state index contributed by atoms with van der Waals surface area (Å²) in [6, 6.07) is 0. The topological polar surface area (TPSA) is 80.4 Å². The fraction of sp³-hybridized carbons (Fsp3) is 0.667. The highest BCUT2D eigenvalue weighted by molar-refractivity contribution is 5.77. The summed E-state index contributed by atoms with van der Waals surface area (Å²) in [5.41, 5.74) is 4.96. The Hall–Kier alpha value is -1.06. The van der Waals surface area contributed by atoms with Gasteiger partial charge in [0.2, 0.25) is 5.91 Å². The molecule has 0 saturated heterocycles. The van der Waals surface area contributed by atoms with Gasteiger partial charge in [0.1, 0.15) is 0 Å². The van der Waals surface area contributed by atoms with Gasteiger partial charge in [0.05, 0.1) is 0 Å². The lowest BCUT2D eigenvalue weighted by molar-refractivity contribution is -0.124. The second-order valence-corrected chi connectivity index (χ2v) is 2.14. The van der Waals surface area contributed by atoms with Crippen LogP contribution in [-0.2, 0) is 9.59 Å². The third-order valence-electron chi connectivity index (χ3n) is 1.51. The molecule has 0 spiro atoms. The summed E-state index contributed by atoms with van der Waals surface area (Å²) < 4.78 is 0. The summed E-state index contributed by atoms with van der Waals surface area (Å²) in [4.78, 5) is 18.6. The van der Waals surface area contributed by atoms with Crippen molar-refractivity contribution in [2.45, 2.75) is 19.3 Å². The number of carboxylic acid groups (broad SMARTS) is 1. The Kier molecular flexibility index (Phi) is 4.28. The number of primary amides is 1. The molecule has 4 heteroatoms. The maximum Gasteiger partial charge on any atom is 0.290 e. The molecule has 0 aliphatic heterocycles. The molecule has 1 rings (SSSR count). The van der Waals surface area contributed by atoms with Gasteiger partial charge in [0.25, 0.3) is 6.47 Å². The standard InChI is InChI=1S/C5H9NO.CH2O2/c6-5(7)4-2-1-3-4;2-1-3/h4H,1-3H2,(H2,6,7);1H,(H,2,3). The summed E-state index contributed by atoms with van der Waals surface area (Å²) in [5.74, 6) is 0.103.